The van der Waals surface area contributed by atoms with Crippen molar-refractivity contribution in [3.8, 4) is 0 Å². The highest BCUT2D eigenvalue weighted by Gasteiger charge is 2.31. The van der Waals surface area contributed by atoms with Crippen LogP contribution in [0.15, 0.2) is 48.7 Å². The number of amides is 1. The molecule has 1 heterocycles. The molecule has 12 heteroatoms. The first-order chi connectivity index (χ1) is 16.0. The fraction of sp³-hybridized carbons (Fsp3) is 0.318. The molecule has 0 N–H and O–H groups in total. The minimum atomic E-state index is -4.49. The zero-order valence-corrected chi connectivity index (χ0v) is 19.1. The average molecular weight is 503 g/mol. The van der Waals surface area contributed by atoms with Crippen LogP contribution in [-0.4, -0.2) is 46.2 Å². The van der Waals surface area contributed by atoms with Crippen LogP contribution in [0.5, 0.6) is 0 Å². The topological polar surface area (TPSA) is 103 Å². The van der Waals surface area contributed by atoms with Crippen LogP contribution in [0, 0.1) is 0 Å². The van der Waals surface area contributed by atoms with E-state index in [9.17, 15) is 32.3 Å². The lowest BCUT2D eigenvalue weighted by atomic mass is 10.2. The van der Waals surface area contributed by atoms with E-state index in [2.05, 4.69) is 9.72 Å². The molecule has 0 radical (unpaired) electrons. The molecular weight excluding hydrogens is 481 g/mol. The van der Waals surface area contributed by atoms with Crippen molar-refractivity contribution >= 4 is 34.7 Å². The summed E-state index contributed by atoms with van der Waals surface area (Å²) in [6.45, 7) is 3.37. The largest absolute Gasteiger partial charge is 0.459 e. The third kappa shape index (κ3) is 9.99. The SMILES string of the molecule is CCOC(=O)C(=O)Cl.CCOC(=O)C(=O)N(Cc1ccccc1)Cc1ccc(C(F)(F)F)cn1. The van der Waals surface area contributed by atoms with Crippen LogP contribution in [-0.2, 0) is 47.9 Å². The summed E-state index contributed by atoms with van der Waals surface area (Å²) in [5.74, 6) is -2.89. The molecule has 0 bridgehead atoms. The molecule has 1 amide bonds. The number of ether oxygens (including phenoxy) is 2. The molecule has 0 atom stereocenters. The van der Waals surface area contributed by atoms with Crippen molar-refractivity contribution < 1.29 is 41.8 Å². The van der Waals surface area contributed by atoms with Gasteiger partial charge >= 0.3 is 29.3 Å². The summed E-state index contributed by atoms with van der Waals surface area (Å²) in [5, 5.41) is -1.08. The predicted octanol–water partition coefficient (Wildman–Crippen LogP) is 3.51. The number of nitrogens with zero attached hydrogens (tertiary/aromatic N) is 2. The molecule has 0 aliphatic heterocycles. The lowest BCUT2D eigenvalue weighted by Gasteiger charge is -2.21. The van der Waals surface area contributed by atoms with Gasteiger partial charge in [-0.1, -0.05) is 30.3 Å². The molecule has 0 spiro atoms. The van der Waals surface area contributed by atoms with E-state index in [0.717, 1.165) is 11.6 Å². The second-order valence-corrected chi connectivity index (χ2v) is 6.74. The van der Waals surface area contributed by atoms with E-state index >= 15 is 0 Å². The van der Waals surface area contributed by atoms with Crippen molar-refractivity contribution in [1.82, 2.24) is 9.88 Å². The first-order valence-corrected chi connectivity index (χ1v) is 10.3. The van der Waals surface area contributed by atoms with Gasteiger partial charge in [-0.3, -0.25) is 14.6 Å². The average Bonchev–Trinajstić information content (AvgIpc) is 2.79. The van der Waals surface area contributed by atoms with Crippen LogP contribution < -0.4 is 0 Å². The number of carbonyl (C=O) groups excluding carboxylic acids is 4. The van der Waals surface area contributed by atoms with E-state index in [1.165, 1.54) is 11.0 Å². The Bertz CT molecular complexity index is 969. The van der Waals surface area contributed by atoms with Crippen molar-refractivity contribution in [2.75, 3.05) is 13.2 Å². The Balaban J connectivity index is 0.000000620. The minimum Gasteiger partial charge on any atom is -0.459 e. The Morgan fingerprint density at radius 1 is 0.912 bits per heavy atom. The van der Waals surface area contributed by atoms with Gasteiger partial charge in [0.25, 0.3) is 0 Å². The Hall–Kier alpha value is -3.47. The highest BCUT2D eigenvalue weighted by Crippen LogP contribution is 2.28. The second-order valence-electron chi connectivity index (χ2n) is 6.40. The quantitative estimate of drug-likeness (QED) is 0.324. The number of benzene rings is 1. The van der Waals surface area contributed by atoms with Crippen molar-refractivity contribution in [2.24, 2.45) is 0 Å². The number of aromatic nitrogens is 1. The van der Waals surface area contributed by atoms with Crippen molar-refractivity contribution in [3.63, 3.8) is 0 Å². The van der Waals surface area contributed by atoms with E-state index < -0.39 is 34.8 Å². The molecule has 0 aliphatic rings. The highest BCUT2D eigenvalue weighted by atomic mass is 35.5. The first kappa shape index (κ1) is 28.6. The molecule has 0 saturated heterocycles. The van der Waals surface area contributed by atoms with Gasteiger partial charge < -0.3 is 14.4 Å². The molecule has 184 valence electrons. The lowest BCUT2D eigenvalue weighted by Crippen LogP contribution is -2.37. The van der Waals surface area contributed by atoms with Crippen LogP contribution in [0.1, 0.15) is 30.7 Å². The number of hydrogen-bond donors (Lipinski definition) is 0. The number of esters is 2. The summed E-state index contributed by atoms with van der Waals surface area (Å²) in [6.07, 6.45) is -3.79. The molecule has 0 fully saturated rings. The minimum absolute atomic E-state index is 0.0439. The molecule has 8 nitrogen and oxygen atoms in total. The maximum Gasteiger partial charge on any atom is 0.417 e. The van der Waals surface area contributed by atoms with Crippen LogP contribution >= 0.6 is 11.6 Å². The maximum absolute atomic E-state index is 12.6. The molecule has 1 aromatic carbocycles. The zero-order valence-electron chi connectivity index (χ0n) is 18.3. The number of rotatable bonds is 7. The molecular formula is C22H22ClF3N2O6. The summed E-state index contributed by atoms with van der Waals surface area (Å²) >= 11 is 4.69. The van der Waals surface area contributed by atoms with Gasteiger partial charge in [-0.2, -0.15) is 13.2 Å². The second kappa shape index (κ2) is 13.9. The fourth-order valence-corrected chi connectivity index (χ4v) is 2.45. The van der Waals surface area contributed by atoms with Gasteiger partial charge in [-0.25, -0.2) is 9.59 Å². The first-order valence-electron chi connectivity index (χ1n) is 9.88. The molecule has 2 rings (SSSR count). The van der Waals surface area contributed by atoms with Crippen molar-refractivity contribution in [2.45, 2.75) is 33.1 Å². The van der Waals surface area contributed by atoms with Gasteiger partial charge in [-0.15, -0.1) is 0 Å². The van der Waals surface area contributed by atoms with Gasteiger partial charge in [0, 0.05) is 12.7 Å². The fourth-order valence-electron chi connectivity index (χ4n) is 2.39. The van der Waals surface area contributed by atoms with Gasteiger partial charge in [0.15, 0.2) is 0 Å². The normalized spacial score (nSPS) is 10.4. The Morgan fingerprint density at radius 3 is 1.94 bits per heavy atom. The monoisotopic (exact) mass is 502 g/mol. The van der Waals surface area contributed by atoms with Gasteiger partial charge in [0.1, 0.15) is 0 Å². The number of halogens is 4. The van der Waals surface area contributed by atoms with Gasteiger partial charge in [0.2, 0.25) is 0 Å². The third-order valence-corrected chi connectivity index (χ3v) is 4.05. The van der Waals surface area contributed by atoms with E-state index in [1.54, 1.807) is 44.2 Å². The van der Waals surface area contributed by atoms with Gasteiger partial charge in [-0.05, 0) is 43.1 Å². The number of carbonyl (C=O) groups is 4. The molecule has 0 unspecified atom stereocenters. The number of alkyl halides is 3. The van der Waals surface area contributed by atoms with Crippen molar-refractivity contribution in [1.29, 1.82) is 0 Å². The van der Waals surface area contributed by atoms with E-state index in [4.69, 9.17) is 16.3 Å². The van der Waals surface area contributed by atoms with Crippen LogP contribution in [0.4, 0.5) is 13.2 Å². The predicted molar refractivity (Wildman–Crippen MR) is 114 cm³/mol. The summed E-state index contributed by atoms with van der Waals surface area (Å²) in [5.41, 5.74) is 0.108. The van der Waals surface area contributed by atoms with Crippen LogP contribution in [0.3, 0.4) is 0 Å². The highest BCUT2D eigenvalue weighted by molar-refractivity contribution is 6.80. The maximum atomic E-state index is 12.6. The van der Waals surface area contributed by atoms with Gasteiger partial charge in [0.05, 0.1) is 31.0 Å². The van der Waals surface area contributed by atoms with Crippen LogP contribution in [0.25, 0.3) is 0 Å². The Labute approximate surface area is 198 Å². The Kier molecular flexibility index (Phi) is 11.7. The third-order valence-electron chi connectivity index (χ3n) is 3.89. The standard InChI is InChI=1S/C18H17F3N2O3.C4H5ClO3/c1-2-26-17(25)16(24)23(11-13-6-4-3-5-7-13)12-15-9-8-14(10-22-15)18(19,20)21;1-2-8-4(7)3(5)6/h3-10H,2,11-12H2,1H3;2H2,1H3. The molecule has 0 aliphatic carbocycles. The number of hydrogen-bond acceptors (Lipinski definition) is 7. The summed E-state index contributed by atoms with van der Waals surface area (Å²) < 4.78 is 46.8. The molecule has 0 saturated carbocycles. The Morgan fingerprint density at radius 2 is 1.50 bits per heavy atom. The molecule has 1 aromatic heterocycles. The summed E-state index contributed by atoms with van der Waals surface area (Å²) in [6, 6.07) is 11.0. The van der Waals surface area contributed by atoms with E-state index in [-0.39, 0.29) is 32.0 Å². The van der Waals surface area contributed by atoms with E-state index in [1.807, 2.05) is 0 Å². The summed E-state index contributed by atoms with van der Waals surface area (Å²) in [7, 11) is 0. The van der Waals surface area contributed by atoms with Crippen molar-refractivity contribution in [3.05, 3.63) is 65.5 Å². The zero-order chi connectivity index (χ0) is 25.7. The van der Waals surface area contributed by atoms with E-state index in [0.29, 0.717) is 6.20 Å². The smallest absolute Gasteiger partial charge is 0.417 e. The lowest BCUT2D eigenvalue weighted by molar-refractivity contribution is -0.160. The summed E-state index contributed by atoms with van der Waals surface area (Å²) in [4.78, 5) is 48.9. The van der Waals surface area contributed by atoms with Crippen LogP contribution in [0.2, 0.25) is 0 Å². The number of pyridine rings is 1. The molecule has 2 aromatic rings. The molecule has 34 heavy (non-hydrogen) atoms.